The average molecular weight is 586 g/mol. The number of thioether (sulfide) groups is 1. The number of carbonyl (C=O) groups excluding carboxylic acids is 2. The molecule has 2 N–H and O–H groups in total. The lowest BCUT2D eigenvalue weighted by Crippen LogP contribution is -2.42. The van der Waals surface area contributed by atoms with Crippen molar-refractivity contribution in [3.63, 3.8) is 0 Å². The number of ketones is 1. The van der Waals surface area contributed by atoms with E-state index >= 15 is 0 Å². The van der Waals surface area contributed by atoms with Crippen LogP contribution in [-0.4, -0.2) is 63.1 Å². The summed E-state index contributed by atoms with van der Waals surface area (Å²) < 4.78 is 5.10. The number of methoxy groups -OCH3 is 1. The molecule has 2 aromatic heterocycles. The van der Waals surface area contributed by atoms with Gasteiger partial charge in [0, 0.05) is 48.4 Å². The third kappa shape index (κ3) is 6.25. The van der Waals surface area contributed by atoms with E-state index in [4.69, 9.17) is 14.7 Å². The molecule has 1 aliphatic carbocycles. The lowest BCUT2D eigenvalue weighted by molar-refractivity contribution is -0.111. The van der Waals surface area contributed by atoms with Gasteiger partial charge in [0.25, 0.3) is 0 Å². The maximum absolute atomic E-state index is 12.3. The van der Waals surface area contributed by atoms with E-state index in [0.29, 0.717) is 17.0 Å². The molecule has 11 heteroatoms. The number of nitrogens with one attached hydrogen (secondary N) is 2. The highest BCUT2D eigenvalue weighted by molar-refractivity contribution is 7.99. The molecule has 1 saturated carbocycles. The molecule has 3 aliphatic rings. The Kier molecular flexibility index (Phi) is 8.10. The predicted molar refractivity (Wildman–Crippen MR) is 164 cm³/mol. The maximum Gasteiger partial charge on any atom is 0.248 e. The van der Waals surface area contributed by atoms with Crippen molar-refractivity contribution in [1.29, 1.82) is 0 Å². The number of carbonyl (C=O) groups is 2. The highest BCUT2D eigenvalue weighted by Gasteiger charge is 2.34. The highest BCUT2D eigenvalue weighted by atomic mass is 32.2. The van der Waals surface area contributed by atoms with Gasteiger partial charge >= 0.3 is 0 Å². The van der Waals surface area contributed by atoms with E-state index in [1.807, 2.05) is 11.8 Å². The number of benzene rings is 1. The van der Waals surface area contributed by atoms with Crippen molar-refractivity contribution in [2.75, 3.05) is 41.5 Å². The van der Waals surface area contributed by atoms with Crippen LogP contribution in [0.5, 0.6) is 5.75 Å². The molecule has 2 fully saturated rings. The average Bonchev–Trinajstić information content (AvgIpc) is 3.49. The van der Waals surface area contributed by atoms with Crippen molar-refractivity contribution >= 4 is 40.9 Å². The van der Waals surface area contributed by atoms with Gasteiger partial charge in [-0.25, -0.2) is 15.0 Å². The van der Waals surface area contributed by atoms with E-state index in [1.54, 1.807) is 43.8 Å². The van der Waals surface area contributed by atoms with Crippen molar-refractivity contribution in [1.82, 2.24) is 19.9 Å². The summed E-state index contributed by atoms with van der Waals surface area (Å²) in [5.41, 5.74) is 2.26. The second kappa shape index (κ2) is 12.1. The fraction of sp³-hybridized carbons (Fsp3) is 0.419. The van der Waals surface area contributed by atoms with E-state index in [1.165, 1.54) is 42.0 Å². The Balaban J connectivity index is 1.03. The van der Waals surface area contributed by atoms with Crippen molar-refractivity contribution in [3.8, 4) is 5.75 Å². The van der Waals surface area contributed by atoms with Crippen LogP contribution in [0.1, 0.15) is 66.8 Å². The molecule has 218 valence electrons. The van der Waals surface area contributed by atoms with Crippen LogP contribution in [0.4, 0.5) is 17.5 Å². The Morgan fingerprint density at radius 3 is 2.48 bits per heavy atom. The van der Waals surface area contributed by atoms with Gasteiger partial charge in [-0.15, -0.1) is 11.8 Å². The monoisotopic (exact) mass is 585 g/mol. The molecule has 0 radical (unpaired) electrons. The van der Waals surface area contributed by atoms with E-state index < -0.39 is 5.91 Å². The lowest BCUT2D eigenvalue weighted by atomic mass is 9.78. The first-order valence-corrected chi connectivity index (χ1v) is 15.4. The molecular weight excluding hydrogens is 550 g/mol. The van der Waals surface area contributed by atoms with Gasteiger partial charge in [-0.1, -0.05) is 0 Å². The molecule has 1 amide bonds. The minimum Gasteiger partial charge on any atom is -0.497 e. The first-order chi connectivity index (χ1) is 20.4. The van der Waals surface area contributed by atoms with Crippen molar-refractivity contribution in [2.45, 2.75) is 61.8 Å². The number of anilines is 3. The highest BCUT2D eigenvalue weighted by Crippen LogP contribution is 2.41. The largest absolute Gasteiger partial charge is 0.497 e. The Morgan fingerprint density at radius 2 is 1.81 bits per heavy atom. The minimum atomic E-state index is -0.422. The zero-order valence-corrected chi connectivity index (χ0v) is 24.7. The van der Waals surface area contributed by atoms with E-state index in [2.05, 4.69) is 32.4 Å². The molecular formula is C31H35N7O3S. The van der Waals surface area contributed by atoms with Gasteiger partial charge in [0.1, 0.15) is 17.4 Å². The SMILES string of the molecule is COc1ccc(C(=O)/C=C/C(=O)Nc2cnc(C3CCN(c4nc5c(c(NC6(C)CCC6)n4)SCC5)CC3)nc2)cc1. The van der Waals surface area contributed by atoms with E-state index in [9.17, 15) is 9.59 Å². The van der Waals surface area contributed by atoms with Gasteiger partial charge in [0.2, 0.25) is 11.9 Å². The van der Waals surface area contributed by atoms with Crippen LogP contribution in [0.15, 0.2) is 53.7 Å². The van der Waals surface area contributed by atoms with Crippen LogP contribution in [-0.2, 0) is 11.2 Å². The summed E-state index contributed by atoms with van der Waals surface area (Å²) in [5, 5.41) is 6.46. The third-order valence-electron chi connectivity index (χ3n) is 8.23. The number of fused-ring (bicyclic) bond motifs is 1. The summed E-state index contributed by atoms with van der Waals surface area (Å²) in [7, 11) is 1.56. The second-order valence-corrected chi connectivity index (χ2v) is 12.4. The third-order valence-corrected chi connectivity index (χ3v) is 9.36. The van der Waals surface area contributed by atoms with Crippen LogP contribution >= 0.6 is 11.8 Å². The number of piperidine rings is 1. The fourth-order valence-corrected chi connectivity index (χ4v) is 6.58. The first-order valence-electron chi connectivity index (χ1n) is 14.5. The van der Waals surface area contributed by atoms with Gasteiger partial charge in [0.05, 0.1) is 35.8 Å². The van der Waals surface area contributed by atoms with Crippen LogP contribution in [0.2, 0.25) is 0 Å². The van der Waals surface area contributed by atoms with Crippen molar-refractivity contribution in [3.05, 3.63) is 65.9 Å². The standard InChI is InChI=1S/C31H35N7O3S/c1-31(13-3-14-31)37-29-27-24(12-17-42-27)35-30(36-29)38-15-10-21(11-16-38)28-32-18-22(19-33-28)34-26(40)9-8-25(39)20-4-6-23(41-2)7-5-20/h4-9,18-19,21H,3,10-17H2,1-2H3,(H,34,40)(H,35,36,37)/b9-8+. The number of nitrogens with zero attached hydrogens (tertiary/aromatic N) is 5. The zero-order chi connectivity index (χ0) is 29.1. The maximum atomic E-state index is 12.3. The molecule has 4 heterocycles. The van der Waals surface area contributed by atoms with Gasteiger partial charge in [-0.05, 0) is 69.4 Å². The number of aromatic nitrogens is 4. The molecule has 6 rings (SSSR count). The van der Waals surface area contributed by atoms with Crippen molar-refractivity contribution < 1.29 is 14.3 Å². The van der Waals surface area contributed by atoms with Crippen LogP contribution in [0.25, 0.3) is 0 Å². The predicted octanol–water partition coefficient (Wildman–Crippen LogP) is 5.04. The Bertz CT molecular complexity index is 1480. The normalized spacial score (nSPS) is 17.9. The number of hydrogen-bond acceptors (Lipinski definition) is 10. The molecule has 0 spiro atoms. The van der Waals surface area contributed by atoms with Crippen LogP contribution < -0.4 is 20.3 Å². The number of amides is 1. The second-order valence-electron chi connectivity index (χ2n) is 11.3. The Morgan fingerprint density at radius 1 is 1.07 bits per heavy atom. The molecule has 3 aromatic rings. The van der Waals surface area contributed by atoms with E-state index in [-0.39, 0.29) is 17.2 Å². The quantitative estimate of drug-likeness (QED) is 0.261. The first kappa shape index (κ1) is 28.1. The summed E-state index contributed by atoms with van der Waals surface area (Å²) in [6.07, 6.45) is 12.1. The fourth-order valence-electron chi connectivity index (χ4n) is 5.54. The number of hydrogen-bond donors (Lipinski definition) is 2. The smallest absolute Gasteiger partial charge is 0.248 e. The number of aryl methyl sites for hydroxylation is 1. The minimum absolute atomic E-state index is 0.142. The molecule has 2 aliphatic heterocycles. The van der Waals surface area contributed by atoms with Gasteiger partial charge in [-0.2, -0.15) is 4.98 Å². The number of ether oxygens (including phenoxy) is 1. The number of rotatable bonds is 9. The van der Waals surface area contributed by atoms with Crippen LogP contribution in [0, 0.1) is 0 Å². The summed E-state index contributed by atoms with van der Waals surface area (Å²) >= 11 is 1.86. The summed E-state index contributed by atoms with van der Waals surface area (Å²) in [5.74, 6) is 3.85. The Hall–Kier alpha value is -3.99. The summed E-state index contributed by atoms with van der Waals surface area (Å²) in [6.45, 7) is 3.96. The molecule has 0 unspecified atom stereocenters. The Labute approximate surface area is 249 Å². The van der Waals surface area contributed by atoms with Crippen LogP contribution in [0.3, 0.4) is 0 Å². The van der Waals surface area contributed by atoms with Gasteiger partial charge < -0.3 is 20.3 Å². The zero-order valence-electron chi connectivity index (χ0n) is 23.9. The van der Waals surface area contributed by atoms with Gasteiger partial charge in [-0.3, -0.25) is 9.59 Å². The van der Waals surface area contributed by atoms with E-state index in [0.717, 1.165) is 55.7 Å². The summed E-state index contributed by atoms with van der Waals surface area (Å²) in [4.78, 5) is 47.2. The van der Waals surface area contributed by atoms with Gasteiger partial charge in [0.15, 0.2) is 5.78 Å². The topological polar surface area (TPSA) is 122 Å². The molecule has 0 bridgehead atoms. The molecule has 1 saturated heterocycles. The van der Waals surface area contributed by atoms with Crippen molar-refractivity contribution in [2.24, 2.45) is 0 Å². The molecule has 1 aromatic carbocycles. The molecule has 42 heavy (non-hydrogen) atoms. The number of allylic oxidation sites excluding steroid dienone is 1. The lowest BCUT2D eigenvalue weighted by Gasteiger charge is -2.40. The molecule has 10 nitrogen and oxygen atoms in total. The summed E-state index contributed by atoms with van der Waals surface area (Å²) in [6, 6.07) is 6.72. The molecule has 0 atom stereocenters.